The molecule has 0 amide bonds. The van der Waals surface area contributed by atoms with Crippen molar-refractivity contribution in [1.82, 2.24) is 0 Å². The average molecular weight is 225 g/mol. The molecule has 5 nitrogen and oxygen atoms in total. The Balaban J connectivity index is 3.31. The van der Waals surface area contributed by atoms with Gasteiger partial charge in [-0.15, -0.1) is 0 Å². The number of ether oxygens (including phenoxy) is 3. The summed E-state index contributed by atoms with van der Waals surface area (Å²) in [6.45, 7) is 0. The van der Waals surface area contributed by atoms with Gasteiger partial charge in [0.25, 0.3) is 0 Å². The highest BCUT2D eigenvalue weighted by Gasteiger charge is 2.16. The van der Waals surface area contributed by atoms with Crippen LogP contribution in [0.4, 0.5) is 0 Å². The Kier molecular flexibility index (Phi) is 4.13. The van der Waals surface area contributed by atoms with E-state index in [-0.39, 0.29) is 0 Å². The monoisotopic (exact) mass is 225 g/mol. The number of carbonyl (C=O) groups is 1. The van der Waals surface area contributed by atoms with E-state index in [1.807, 2.05) is 0 Å². The van der Waals surface area contributed by atoms with Gasteiger partial charge < -0.3 is 24.7 Å². The summed E-state index contributed by atoms with van der Waals surface area (Å²) in [5.41, 5.74) is 6.21. The Labute approximate surface area is 94.1 Å². The molecule has 0 bridgehead atoms. The van der Waals surface area contributed by atoms with E-state index in [0.717, 1.165) is 0 Å². The first kappa shape index (κ1) is 12.3. The van der Waals surface area contributed by atoms with E-state index in [1.54, 1.807) is 12.1 Å². The van der Waals surface area contributed by atoms with Gasteiger partial charge in [0.1, 0.15) is 12.0 Å². The second-order valence-corrected chi connectivity index (χ2v) is 3.11. The van der Waals surface area contributed by atoms with Crippen molar-refractivity contribution < 1.29 is 19.0 Å². The highest BCUT2D eigenvalue weighted by molar-refractivity contribution is 5.65. The molecule has 5 heteroatoms. The fourth-order valence-corrected chi connectivity index (χ4v) is 1.39. The zero-order valence-corrected chi connectivity index (χ0v) is 9.52. The lowest BCUT2D eigenvalue weighted by molar-refractivity contribution is -0.109. The second-order valence-electron chi connectivity index (χ2n) is 3.11. The van der Waals surface area contributed by atoms with Crippen LogP contribution in [0.15, 0.2) is 12.1 Å². The molecule has 0 saturated carbocycles. The summed E-state index contributed by atoms with van der Waals surface area (Å²) in [5, 5.41) is 0. The van der Waals surface area contributed by atoms with Crippen LogP contribution in [0.25, 0.3) is 0 Å². The summed E-state index contributed by atoms with van der Waals surface area (Å²) in [7, 11) is 4.54. The fourth-order valence-electron chi connectivity index (χ4n) is 1.39. The first-order valence-corrected chi connectivity index (χ1v) is 4.68. The Morgan fingerprint density at radius 2 is 1.56 bits per heavy atom. The van der Waals surface area contributed by atoms with E-state index in [4.69, 9.17) is 19.9 Å². The molecule has 0 radical (unpaired) electrons. The minimum Gasteiger partial charge on any atom is -0.496 e. The number of methoxy groups -OCH3 is 3. The minimum atomic E-state index is -0.741. The molecule has 0 heterocycles. The van der Waals surface area contributed by atoms with Gasteiger partial charge in [-0.25, -0.2) is 0 Å². The van der Waals surface area contributed by atoms with E-state index in [9.17, 15) is 4.79 Å². The molecule has 0 fully saturated rings. The van der Waals surface area contributed by atoms with Gasteiger partial charge in [-0.2, -0.15) is 0 Å². The molecule has 0 aliphatic heterocycles. The molecule has 88 valence electrons. The number of benzene rings is 1. The molecular formula is C11H15NO4. The smallest absolute Gasteiger partial charge is 0.164 e. The van der Waals surface area contributed by atoms with Crippen LogP contribution in [-0.2, 0) is 4.79 Å². The first-order valence-electron chi connectivity index (χ1n) is 4.68. The predicted molar refractivity (Wildman–Crippen MR) is 59.1 cm³/mol. The van der Waals surface area contributed by atoms with Gasteiger partial charge in [-0.05, 0) is 6.07 Å². The predicted octanol–water partition coefficient (Wildman–Crippen LogP) is 0.911. The SMILES string of the molecule is COc1cc(OC)c(C(N)C=O)cc1OC. The molecule has 0 aromatic heterocycles. The van der Waals surface area contributed by atoms with E-state index in [2.05, 4.69) is 0 Å². The van der Waals surface area contributed by atoms with Crippen LogP contribution < -0.4 is 19.9 Å². The zero-order chi connectivity index (χ0) is 12.1. The van der Waals surface area contributed by atoms with Gasteiger partial charge in [0.15, 0.2) is 11.5 Å². The standard InChI is InChI=1S/C11H15NO4/c1-14-9-5-11(16-3)10(15-2)4-7(9)8(12)6-13/h4-6,8H,12H2,1-3H3. The van der Waals surface area contributed by atoms with Gasteiger partial charge in [-0.3, -0.25) is 0 Å². The van der Waals surface area contributed by atoms with E-state index in [1.165, 1.54) is 21.3 Å². The molecule has 2 N–H and O–H groups in total. The number of hydrogen-bond acceptors (Lipinski definition) is 5. The first-order chi connectivity index (χ1) is 7.67. The maximum absolute atomic E-state index is 10.7. The number of hydrogen-bond donors (Lipinski definition) is 1. The summed E-state index contributed by atoms with van der Waals surface area (Å²) in [4.78, 5) is 10.7. The quantitative estimate of drug-likeness (QED) is 0.754. The van der Waals surface area contributed by atoms with Crippen LogP contribution in [0.5, 0.6) is 17.2 Å². The van der Waals surface area contributed by atoms with Crippen LogP contribution in [0.2, 0.25) is 0 Å². The number of aldehydes is 1. The third-order valence-corrected chi connectivity index (χ3v) is 2.24. The minimum absolute atomic E-state index is 0.497. The fraction of sp³-hybridized carbons (Fsp3) is 0.364. The van der Waals surface area contributed by atoms with Crippen molar-refractivity contribution in [3.8, 4) is 17.2 Å². The zero-order valence-electron chi connectivity index (χ0n) is 9.52. The normalized spacial score (nSPS) is 11.8. The number of rotatable bonds is 5. The molecule has 1 atom stereocenters. The third-order valence-electron chi connectivity index (χ3n) is 2.24. The Bertz CT molecular complexity index is 378. The molecule has 0 aliphatic rings. The molecule has 1 aromatic carbocycles. The lowest BCUT2D eigenvalue weighted by Gasteiger charge is -2.15. The number of carbonyl (C=O) groups excluding carboxylic acids is 1. The molecule has 0 spiro atoms. The maximum atomic E-state index is 10.7. The molecule has 1 unspecified atom stereocenters. The summed E-state index contributed by atoms with van der Waals surface area (Å²) < 4.78 is 15.4. The Morgan fingerprint density at radius 1 is 1.06 bits per heavy atom. The molecule has 1 aromatic rings. The third kappa shape index (κ3) is 2.25. The maximum Gasteiger partial charge on any atom is 0.164 e. The van der Waals surface area contributed by atoms with Gasteiger partial charge in [0, 0.05) is 11.6 Å². The van der Waals surface area contributed by atoms with Crippen LogP contribution in [0.1, 0.15) is 11.6 Å². The van der Waals surface area contributed by atoms with Gasteiger partial charge >= 0.3 is 0 Å². The van der Waals surface area contributed by atoms with Gasteiger partial charge in [0.2, 0.25) is 0 Å². The molecule has 16 heavy (non-hydrogen) atoms. The van der Waals surface area contributed by atoms with Crippen LogP contribution in [0.3, 0.4) is 0 Å². The molecule has 0 aliphatic carbocycles. The van der Waals surface area contributed by atoms with Crippen molar-refractivity contribution in [2.24, 2.45) is 5.73 Å². The summed E-state index contributed by atoms with van der Waals surface area (Å²) in [6, 6.07) is 2.53. The topological polar surface area (TPSA) is 70.8 Å². The summed E-state index contributed by atoms with van der Waals surface area (Å²) in [5.74, 6) is 1.54. The van der Waals surface area contributed by atoms with Crippen molar-refractivity contribution in [1.29, 1.82) is 0 Å². The van der Waals surface area contributed by atoms with E-state index in [0.29, 0.717) is 29.1 Å². The summed E-state index contributed by atoms with van der Waals surface area (Å²) in [6.07, 6.45) is 0.643. The van der Waals surface area contributed by atoms with Crippen LogP contribution >= 0.6 is 0 Å². The van der Waals surface area contributed by atoms with E-state index < -0.39 is 6.04 Å². The van der Waals surface area contributed by atoms with Gasteiger partial charge in [0.05, 0.1) is 27.4 Å². The number of nitrogens with two attached hydrogens (primary N) is 1. The largest absolute Gasteiger partial charge is 0.496 e. The summed E-state index contributed by atoms with van der Waals surface area (Å²) >= 11 is 0. The van der Waals surface area contributed by atoms with Crippen molar-refractivity contribution in [2.45, 2.75) is 6.04 Å². The van der Waals surface area contributed by atoms with Crippen molar-refractivity contribution in [2.75, 3.05) is 21.3 Å². The van der Waals surface area contributed by atoms with Crippen LogP contribution in [-0.4, -0.2) is 27.6 Å². The molecule has 0 saturated heterocycles. The second kappa shape index (κ2) is 5.37. The van der Waals surface area contributed by atoms with Gasteiger partial charge in [-0.1, -0.05) is 0 Å². The molecule has 1 rings (SSSR count). The lowest BCUT2D eigenvalue weighted by atomic mass is 10.1. The van der Waals surface area contributed by atoms with Crippen LogP contribution in [0, 0.1) is 0 Å². The van der Waals surface area contributed by atoms with Crippen molar-refractivity contribution in [3.63, 3.8) is 0 Å². The highest BCUT2D eigenvalue weighted by atomic mass is 16.5. The van der Waals surface area contributed by atoms with E-state index >= 15 is 0 Å². The average Bonchev–Trinajstić information content (AvgIpc) is 2.35. The Morgan fingerprint density at radius 3 is 2.00 bits per heavy atom. The molecular weight excluding hydrogens is 210 g/mol. The van der Waals surface area contributed by atoms with Crippen molar-refractivity contribution >= 4 is 6.29 Å². The van der Waals surface area contributed by atoms with Crippen molar-refractivity contribution in [3.05, 3.63) is 17.7 Å². The highest BCUT2D eigenvalue weighted by Crippen LogP contribution is 2.36. The Hall–Kier alpha value is -1.75. The lowest BCUT2D eigenvalue weighted by Crippen LogP contribution is -2.13.